The number of ketones is 1. The van der Waals surface area contributed by atoms with E-state index in [-0.39, 0.29) is 0 Å². The van der Waals surface area contributed by atoms with Crippen LogP contribution in [0.1, 0.15) is 35.1 Å². The lowest BCUT2D eigenvalue weighted by Crippen LogP contribution is -2.56. The molecule has 4 rings (SSSR count). The Morgan fingerprint density at radius 1 is 0.962 bits per heavy atom. The predicted molar refractivity (Wildman–Crippen MR) is 101 cm³/mol. The summed E-state index contributed by atoms with van der Waals surface area (Å²) < 4.78 is 11.1. The van der Waals surface area contributed by atoms with Gasteiger partial charge >= 0.3 is 0 Å². The van der Waals surface area contributed by atoms with Crippen LogP contribution >= 0.6 is 0 Å². The second-order valence-electron chi connectivity index (χ2n) is 7.29. The van der Waals surface area contributed by atoms with E-state index in [4.69, 9.17) is 9.47 Å². The van der Waals surface area contributed by atoms with Crippen LogP contribution in [0.3, 0.4) is 0 Å². The van der Waals surface area contributed by atoms with Gasteiger partial charge in [-0.25, -0.2) is 0 Å². The molecule has 0 radical (unpaired) electrons. The Morgan fingerprint density at radius 2 is 1.62 bits per heavy atom. The summed E-state index contributed by atoms with van der Waals surface area (Å²) in [5.41, 5.74) is 4.43. The molecule has 2 heterocycles. The Balaban J connectivity index is 1.97. The number of Topliss-reactive ketones (excluding diaryl/α,β-unsaturated/α-hetero) is 1. The van der Waals surface area contributed by atoms with E-state index < -0.39 is 5.54 Å². The number of carbonyl (C=O) groups excluding carboxylic acids is 1. The third-order valence-electron chi connectivity index (χ3n) is 5.89. The molecule has 0 amide bonds. The van der Waals surface area contributed by atoms with Crippen molar-refractivity contribution in [1.82, 2.24) is 4.90 Å². The SMILES string of the molecule is COc1cc2c(cc1OC)C1(c3ccc(C)cc3)CC(=O)CCN1CC2. The molecule has 1 fully saturated rings. The van der Waals surface area contributed by atoms with Crippen LogP contribution in [0.25, 0.3) is 0 Å². The monoisotopic (exact) mass is 351 g/mol. The van der Waals surface area contributed by atoms with Crippen LogP contribution in [0.4, 0.5) is 0 Å². The fraction of sp³-hybridized carbons (Fsp3) is 0.409. The van der Waals surface area contributed by atoms with Crippen LogP contribution in [0.5, 0.6) is 11.5 Å². The normalized spacial score (nSPS) is 22.5. The van der Waals surface area contributed by atoms with Crippen molar-refractivity contribution < 1.29 is 14.3 Å². The van der Waals surface area contributed by atoms with E-state index in [1.54, 1.807) is 14.2 Å². The molecule has 0 saturated carbocycles. The molecule has 2 aromatic rings. The van der Waals surface area contributed by atoms with Gasteiger partial charge in [0, 0.05) is 25.9 Å². The quantitative estimate of drug-likeness (QED) is 0.849. The number of piperidine rings is 1. The molecule has 136 valence electrons. The lowest BCUT2D eigenvalue weighted by atomic mass is 9.70. The van der Waals surface area contributed by atoms with Gasteiger partial charge in [0.1, 0.15) is 5.78 Å². The summed E-state index contributed by atoms with van der Waals surface area (Å²) in [4.78, 5) is 15.0. The fourth-order valence-corrected chi connectivity index (χ4v) is 4.54. The summed E-state index contributed by atoms with van der Waals surface area (Å²) in [6, 6.07) is 12.8. The molecule has 2 aromatic carbocycles. The van der Waals surface area contributed by atoms with Gasteiger partial charge in [-0.3, -0.25) is 9.69 Å². The number of methoxy groups -OCH3 is 2. The number of fused-ring (bicyclic) bond motifs is 3. The molecule has 0 N–H and O–H groups in total. The minimum absolute atomic E-state index is 0.324. The molecule has 0 spiro atoms. The minimum atomic E-state index is -0.407. The molecule has 2 aliphatic rings. The van der Waals surface area contributed by atoms with Crippen LogP contribution in [0.2, 0.25) is 0 Å². The maximum atomic E-state index is 12.6. The zero-order chi connectivity index (χ0) is 18.3. The number of rotatable bonds is 3. The molecule has 1 atom stereocenters. The first kappa shape index (κ1) is 17.1. The number of nitrogens with zero attached hydrogens (tertiary/aromatic N) is 1. The van der Waals surface area contributed by atoms with Gasteiger partial charge < -0.3 is 9.47 Å². The first-order valence-corrected chi connectivity index (χ1v) is 9.18. The van der Waals surface area contributed by atoms with Crippen LogP contribution in [-0.4, -0.2) is 38.0 Å². The van der Waals surface area contributed by atoms with Crippen molar-refractivity contribution in [3.63, 3.8) is 0 Å². The maximum absolute atomic E-state index is 12.6. The summed E-state index contributed by atoms with van der Waals surface area (Å²) in [5.74, 6) is 1.79. The van der Waals surface area contributed by atoms with Gasteiger partial charge in [0.2, 0.25) is 0 Å². The van der Waals surface area contributed by atoms with Crippen molar-refractivity contribution in [2.24, 2.45) is 0 Å². The number of hydrogen-bond donors (Lipinski definition) is 0. The highest BCUT2D eigenvalue weighted by molar-refractivity contribution is 5.82. The largest absolute Gasteiger partial charge is 0.493 e. The highest BCUT2D eigenvalue weighted by Gasteiger charge is 2.48. The topological polar surface area (TPSA) is 38.8 Å². The van der Waals surface area contributed by atoms with E-state index >= 15 is 0 Å². The molecule has 1 saturated heterocycles. The number of benzene rings is 2. The molecule has 0 aromatic heterocycles. The van der Waals surface area contributed by atoms with Crippen molar-refractivity contribution in [2.45, 2.75) is 31.7 Å². The molecule has 4 nitrogen and oxygen atoms in total. The van der Waals surface area contributed by atoms with E-state index in [0.29, 0.717) is 18.6 Å². The number of hydrogen-bond acceptors (Lipinski definition) is 4. The van der Waals surface area contributed by atoms with Gasteiger partial charge in [-0.1, -0.05) is 29.8 Å². The number of ether oxygens (including phenoxy) is 2. The van der Waals surface area contributed by atoms with Gasteiger partial charge in [0.25, 0.3) is 0 Å². The van der Waals surface area contributed by atoms with Crippen molar-refractivity contribution >= 4 is 5.78 Å². The van der Waals surface area contributed by atoms with Crippen molar-refractivity contribution in [3.8, 4) is 11.5 Å². The average Bonchev–Trinajstić information content (AvgIpc) is 2.67. The summed E-state index contributed by atoms with van der Waals surface area (Å²) in [5, 5.41) is 0. The lowest BCUT2D eigenvalue weighted by molar-refractivity contribution is -0.126. The fourth-order valence-electron chi connectivity index (χ4n) is 4.54. The summed E-state index contributed by atoms with van der Waals surface area (Å²) in [6.07, 6.45) is 2.10. The third-order valence-corrected chi connectivity index (χ3v) is 5.89. The second-order valence-corrected chi connectivity index (χ2v) is 7.29. The van der Waals surface area contributed by atoms with Crippen LogP contribution in [0, 0.1) is 6.92 Å². The van der Waals surface area contributed by atoms with E-state index in [0.717, 1.165) is 31.0 Å². The maximum Gasteiger partial charge on any atom is 0.161 e. The smallest absolute Gasteiger partial charge is 0.161 e. The van der Waals surface area contributed by atoms with Gasteiger partial charge in [0.05, 0.1) is 19.8 Å². The van der Waals surface area contributed by atoms with Crippen LogP contribution < -0.4 is 9.47 Å². The molecular weight excluding hydrogens is 326 g/mol. The van der Waals surface area contributed by atoms with Crippen molar-refractivity contribution in [2.75, 3.05) is 27.3 Å². The average molecular weight is 351 g/mol. The summed E-state index contributed by atoms with van der Waals surface area (Å²) in [6.45, 7) is 3.85. The van der Waals surface area contributed by atoms with Gasteiger partial charge in [0.15, 0.2) is 11.5 Å². The Kier molecular flexibility index (Phi) is 4.23. The Hall–Kier alpha value is -2.33. The van der Waals surface area contributed by atoms with Gasteiger partial charge in [-0.2, -0.15) is 0 Å². The summed E-state index contributed by atoms with van der Waals surface area (Å²) >= 11 is 0. The molecule has 4 heteroatoms. The Morgan fingerprint density at radius 3 is 2.31 bits per heavy atom. The zero-order valence-corrected chi connectivity index (χ0v) is 15.7. The minimum Gasteiger partial charge on any atom is -0.493 e. The second kappa shape index (κ2) is 6.44. The Bertz CT molecular complexity index is 843. The van der Waals surface area contributed by atoms with Crippen molar-refractivity contribution in [3.05, 3.63) is 58.7 Å². The highest BCUT2D eigenvalue weighted by Crippen LogP contribution is 2.49. The number of carbonyl (C=O) groups is 1. The van der Waals surface area contributed by atoms with E-state index in [2.05, 4.69) is 48.2 Å². The van der Waals surface area contributed by atoms with Crippen LogP contribution in [0.15, 0.2) is 36.4 Å². The zero-order valence-electron chi connectivity index (χ0n) is 15.7. The summed E-state index contributed by atoms with van der Waals surface area (Å²) in [7, 11) is 3.33. The van der Waals surface area contributed by atoms with Crippen molar-refractivity contribution in [1.29, 1.82) is 0 Å². The van der Waals surface area contributed by atoms with E-state index in [1.165, 1.54) is 22.3 Å². The Labute approximate surface area is 154 Å². The standard InChI is InChI=1S/C22H25NO3/c1-15-4-6-17(7-5-15)22-14-18(24)9-11-23(22)10-8-16-12-20(25-2)21(26-3)13-19(16)22/h4-7,12-13H,8-11,14H2,1-3H3. The predicted octanol–water partition coefficient (Wildman–Crippen LogP) is 3.48. The van der Waals surface area contributed by atoms with E-state index in [9.17, 15) is 4.79 Å². The van der Waals surface area contributed by atoms with Gasteiger partial charge in [-0.05, 0) is 42.2 Å². The molecule has 0 bridgehead atoms. The number of aryl methyl sites for hydroxylation is 1. The highest BCUT2D eigenvalue weighted by atomic mass is 16.5. The van der Waals surface area contributed by atoms with Crippen LogP contribution in [-0.2, 0) is 16.8 Å². The van der Waals surface area contributed by atoms with Gasteiger partial charge in [-0.15, -0.1) is 0 Å². The molecule has 2 aliphatic heterocycles. The first-order chi connectivity index (χ1) is 12.6. The third kappa shape index (κ3) is 2.52. The lowest BCUT2D eigenvalue weighted by Gasteiger charge is -2.51. The first-order valence-electron chi connectivity index (χ1n) is 9.18. The molecule has 26 heavy (non-hydrogen) atoms. The molecule has 1 unspecified atom stereocenters. The van der Waals surface area contributed by atoms with E-state index in [1.807, 2.05) is 0 Å². The molecule has 0 aliphatic carbocycles. The molecular formula is C22H25NO3.